The van der Waals surface area contributed by atoms with Gasteiger partial charge in [0.15, 0.2) is 9.84 Å². The maximum absolute atomic E-state index is 12.6. The van der Waals surface area contributed by atoms with Crippen molar-refractivity contribution in [3.8, 4) is 11.1 Å². The van der Waals surface area contributed by atoms with Gasteiger partial charge in [-0.05, 0) is 31.7 Å². The number of benzene rings is 1. The van der Waals surface area contributed by atoms with Crippen LogP contribution in [0.1, 0.15) is 35.7 Å². The molecule has 2 heterocycles. The molecule has 2 aromatic rings. The van der Waals surface area contributed by atoms with Crippen LogP contribution >= 0.6 is 11.3 Å². The molecule has 1 aliphatic heterocycles. The largest absolute Gasteiger partial charge is 0.462 e. The van der Waals surface area contributed by atoms with Crippen LogP contribution < -0.4 is 5.32 Å². The fourth-order valence-corrected chi connectivity index (χ4v) is 6.11. The molecule has 1 amide bonds. The van der Waals surface area contributed by atoms with Crippen LogP contribution in [0.4, 0.5) is 5.00 Å². The van der Waals surface area contributed by atoms with Crippen molar-refractivity contribution in [2.24, 2.45) is 5.92 Å². The van der Waals surface area contributed by atoms with Crippen molar-refractivity contribution >= 4 is 38.1 Å². The zero-order chi connectivity index (χ0) is 20.3. The quantitative estimate of drug-likeness (QED) is 0.719. The van der Waals surface area contributed by atoms with Gasteiger partial charge in [-0.25, -0.2) is 13.2 Å². The van der Waals surface area contributed by atoms with Gasteiger partial charge in [0, 0.05) is 17.4 Å². The maximum atomic E-state index is 12.6. The second-order valence-electron chi connectivity index (χ2n) is 6.96. The second-order valence-corrected chi connectivity index (χ2v) is 10.1. The minimum absolute atomic E-state index is 0.0458. The number of ether oxygens (including phenoxy) is 1. The van der Waals surface area contributed by atoms with Crippen molar-refractivity contribution in [1.82, 2.24) is 0 Å². The van der Waals surface area contributed by atoms with Crippen LogP contribution in [0.5, 0.6) is 0 Å². The molecule has 0 saturated carbocycles. The summed E-state index contributed by atoms with van der Waals surface area (Å²) in [6.07, 6.45) is 0.624. The molecular formula is C20H23NO5S2. The smallest absolute Gasteiger partial charge is 0.341 e. The number of amides is 1. The second kappa shape index (κ2) is 8.45. The minimum Gasteiger partial charge on any atom is -0.462 e. The average molecular weight is 422 g/mol. The summed E-state index contributed by atoms with van der Waals surface area (Å²) in [5.41, 5.74) is 3.02. The first-order chi connectivity index (χ1) is 13.3. The van der Waals surface area contributed by atoms with Gasteiger partial charge in [-0.1, -0.05) is 29.8 Å². The lowest BCUT2D eigenvalue weighted by Crippen LogP contribution is -2.18. The van der Waals surface area contributed by atoms with E-state index in [-0.39, 0.29) is 36.4 Å². The molecule has 0 bridgehead atoms. The molecule has 1 atom stereocenters. The highest BCUT2D eigenvalue weighted by Crippen LogP contribution is 2.36. The summed E-state index contributed by atoms with van der Waals surface area (Å²) < 4.78 is 28.4. The number of carbonyl (C=O) groups is 2. The fourth-order valence-electron chi connectivity index (χ4n) is 3.27. The number of hydrogen-bond acceptors (Lipinski definition) is 6. The lowest BCUT2D eigenvalue weighted by molar-refractivity contribution is -0.116. The molecule has 1 aliphatic rings. The van der Waals surface area contributed by atoms with Crippen LogP contribution in [0.15, 0.2) is 29.6 Å². The average Bonchev–Trinajstić information content (AvgIpc) is 3.18. The first-order valence-electron chi connectivity index (χ1n) is 9.15. The molecular weight excluding hydrogens is 398 g/mol. The van der Waals surface area contributed by atoms with Gasteiger partial charge in [0.2, 0.25) is 5.91 Å². The van der Waals surface area contributed by atoms with Crippen LogP contribution in [-0.2, 0) is 19.4 Å². The van der Waals surface area contributed by atoms with E-state index >= 15 is 0 Å². The standard InChI is InChI=1S/C20H23NO5S2/c1-3-26-20(23)18-16(15-6-4-13(2)5-7-15)11-27-19(18)21-17(22)10-14-8-9-28(24,25)12-14/h4-7,11,14H,3,8-10,12H2,1-2H3,(H,21,22)/t14-/m1/s1. The van der Waals surface area contributed by atoms with E-state index in [1.54, 1.807) is 6.92 Å². The molecule has 0 unspecified atom stereocenters. The number of carbonyl (C=O) groups excluding carboxylic acids is 2. The summed E-state index contributed by atoms with van der Waals surface area (Å²) in [7, 11) is -3.03. The van der Waals surface area contributed by atoms with Gasteiger partial charge >= 0.3 is 5.97 Å². The van der Waals surface area contributed by atoms with Crippen LogP contribution in [0.2, 0.25) is 0 Å². The number of nitrogens with one attached hydrogen (secondary N) is 1. The lowest BCUT2D eigenvalue weighted by Gasteiger charge is -2.10. The normalized spacial score (nSPS) is 18.0. The third-order valence-corrected chi connectivity index (χ3v) is 7.42. The summed E-state index contributed by atoms with van der Waals surface area (Å²) >= 11 is 1.26. The Morgan fingerprint density at radius 2 is 1.96 bits per heavy atom. The van der Waals surface area contributed by atoms with Crippen molar-refractivity contribution in [3.05, 3.63) is 40.8 Å². The predicted molar refractivity (Wildman–Crippen MR) is 110 cm³/mol. The number of aryl methyl sites for hydroxylation is 1. The maximum Gasteiger partial charge on any atom is 0.341 e. The molecule has 1 aromatic heterocycles. The van der Waals surface area contributed by atoms with Crippen molar-refractivity contribution in [1.29, 1.82) is 0 Å². The molecule has 0 spiro atoms. The monoisotopic (exact) mass is 421 g/mol. The van der Waals surface area contributed by atoms with E-state index in [2.05, 4.69) is 5.32 Å². The highest BCUT2D eigenvalue weighted by molar-refractivity contribution is 7.91. The van der Waals surface area contributed by atoms with E-state index in [1.165, 1.54) is 11.3 Å². The molecule has 1 N–H and O–H groups in total. The van der Waals surface area contributed by atoms with Crippen LogP contribution in [0.25, 0.3) is 11.1 Å². The van der Waals surface area contributed by atoms with E-state index in [0.29, 0.717) is 22.5 Å². The van der Waals surface area contributed by atoms with Crippen LogP contribution in [-0.4, -0.2) is 38.4 Å². The first kappa shape index (κ1) is 20.5. The number of hydrogen-bond donors (Lipinski definition) is 1. The molecule has 150 valence electrons. The van der Waals surface area contributed by atoms with E-state index in [4.69, 9.17) is 4.74 Å². The molecule has 0 aliphatic carbocycles. The Morgan fingerprint density at radius 3 is 2.57 bits per heavy atom. The summed E-state index contributed by atoms with van der Waals surface area (Å²) in [5, 5.41) is 5.05. The van der Waals surface area contributed by atoms with E-state index in [9.17, 15) is 18.0 Å². The molecule has 0 radical (unpaired) electrons. The van der Waals surface area contributed by atoms with Crippen molar-refractivity contribution < 1.29 is 22.7 Å². The number of sulfone groups is 1. The fraction of sp³-hybridized carbons (Fsp3) is 0.400. The highest BCUT2D eigenvalue weighted by Gasteiger charge is 2.30. The minimum atomic E-state index is -3.03. The number of rotatable bonds is 6. The SMILES string of the molecule is CCOC(=O)c1c(-c2ccc(C)cc2)csc1NC(=O)C[C@H]1CCS(=O)(=O)C1. The number of thiophene rings is 1. The molecule has 1 fully saturated rings. The molecule has 8 heteroatoms. The third kappa shape index (κ3) is 4.80. The molecule has 1 saturated heterocycles. The highest BCUT2D eigenvalue weighted by atomic mass is 32.2. The van der Waals surface area contributed by atoms with Gasteiger partial charge in [-0.3, -0.25) is 4.79 Å². The molecule has 28 heavy (non-hydrogen) atoms. The van der Waals surface area contributed by atoms with Gasteiger partial charge in [0.1, 0.15) is 10.6 Å². The Kier molecular flexibility index (Phi) is 6.20. The zero-order valence-corrected chi connectivity index (χ0v) is 17.5. The Labute approximate surface area is 168 Å². The van der Waals surface area contributed by atoms with Crippen LogP contribution in [0, 0.1) is 12.8 Å². The van der Waals surface area contributed by atoms with Crippen molar-refractivity contribution in [2.45, 2.75) is 26.7 Å². The molecule has 1 aromatic carbocycles. The Morgan fingerprint density at radius 1 is 1.25 bits per heavy atom. The number of esters is 1. The summed E-state index contributed by atoms with van der Waals surface area (Å²) in [5.74, 6) is -0.768. The van der Waals surface area contributed by atoms with Crippen molar-refractivity contribution in [2.75, 3.05) is 23.4 Å². The summed E-state index contributed by atoms with van der Waals surface area (Å²) in [6.45, 7) is 3.95. The van der Waals surface area contributed by atoms with E-state index in [1.807, 2.05) is 36.6 Å². The van der Waals surface area contributed by atoms with Crippen molar-refractivity contribution in [3.63, 3.8) is 0 Å². The first-order valence-corrected chi connectivity index (χ1v) is 11.8. The summed E-state index contributed by atoms with van der Waals surface area (Å²) in [6, 6.07) is 7.77. The third-order valence-electron chi connectivity index (χ3n) is 4.69. The Balaban J connectivity index is 1.83. The van der Waals surface area contributed by atoms with Gasteiger partial charge in [-0.2, -0.15) is 0 Å². The lowest BCUT2D eigenvalue weighted by atomic mass is 10.0. The number of anilines is 1. The Bertz CT molecular complexity index is 977. The predicted octanol–water partition coefficient (Wildman–Crippen LogP) is 3.66. The summed E-state index contributed by atoms with van der Waals surface area (Å²) in [4.78, 5) is 25.0. The topological polar surface area (TPSA) is 89.5 Å². The van der Waals surface area contributed by atoms with E-state index < -0.39 is 15.8 Å². The van der Waals surface area contributed by atoms with E-state index in [0.717, 1.165) is 11.1 Å². The molecule has 6 nitrogen and oxygen atoms in total. The van der Waals surface area contributed by atoms with Gasteiger partial charge in [-0.15, -0.1) is 11.3 Å². The van der Waals surface area contributed by atoms with Gasteiger partial charge < -0.3 is 10.1 Å². The van der Waals surface area contributed by atoms with Gasteiger partial charge in [0.05, 0.1) is 18.1 Å². The molecule has 3 rings (SSSR count). The Hall–Kier alpha value is -2.19. The zero-order valence-electron chi connectivity index (χ0n) is 15.9. The van der Waals surface area contributed by atoms with Crippen LogP contribution in [0.3, 0.4) is 0 Å². The van der Waals surface area contributed by atoms with Gasteiger partial charge in [0.25, 0.3) is 0 Å².